The maximum absolute atomic E-state index is 4.46. The molecule has 8 heteroatoms. The molecule has 2 atom stereocenters. The largest absolute Gasteiger partial charge is 0.349 e. The van der Waals surface area contributed by atoms with E-state index in [4.69, 9.17) is 0 Å². The summed E-state index contributed by atoms with van der Waals surface area (Å²) < 4.78 is 4.24. The second kappa shape index (κ2) is 7.46. The number of aryl methyl sites for hydroxylation is 1. The number of hydrogen-bond acceptors (Lipinski definition) is 4. The predicted molar refractivity (Wildman–Crippen MR) is 92.5 cm³/mol. The van der Waals surface area contributed by atoms with Gasteiger partial charge in [-0.2, -0.15) is 0 Å². The highest BCUT2D eigenvalue weighted by atomic mass is 15.3. The Morgan fingerprint density at radius 1 is 1.42 bits per heavy atom. The lowest BCUT2D eigenvalue weighted by Gasteiger charge is -2.39. The van der Waals surface area contributed by atoms with E-state index in [2.05, 4.69) is 48.8 Å². The standard InChI is InChI=1S/C16H26N8/c1-4-22-12-20-21-15(22)9-19-16(17-3)23-7-5-13(2)14(10-23)24-8-6-18-11-24/h6,8,11-14H,4-5,7,9-10H2,1-3H3,(H,17,19). The van der Waals surface area contributed by atoms with Crippen molar-refractivity contribution in [3.63, 3.8) is 0 Å². The Morgan fingerprint density at radius 2 is 2.29 bits per heavy atom. The van der Waals surface area contributed by atoms with Gasteiger partial charge in [-0.15, -0.1) is 10.2 Å². The van der Waals surface area contributed by atoms with Gasteiger partial charge >= 0.3 is 0 Å². The zero-order valence-corrected chi connectivity index (χ0v) is 14.6. The highest BCUT2D eigenvalue weighted by Crippen LogP contribution is 2.27. The average Bonchev–Trinajstić information content (AvgIpc) is 3.27. The van der Waals surface area contributed by atoms with Gasteiger partial charge in [0.2, 0.25) is 0 Å². The van der Waals surface area contributed by atoms with E-state index in [0.29, 0.717) is 18.5 Å². The zero-order valence-electron chi connectivity index (χ0n) is 14.6. The molecule has 2 unspecified atom stereocenters. The number of hydrogen-bond donors (Lipinski definition) is 1. The van der Waals surface area contributed by atoms with E-state index in [-0.39, 0.29) is 0 Å². The Kier molecular flexibility index (Phi) is 5.12. The van der Waals surface area contributed by atoms with Crippen molar-refractivity contribution in [1.82, 2.24) is 34.5 Å². The molecule has 2 aromatic heterocycles. The number of likely N-dealkylation sites (tertiary alicyclic amines) is 1. The molecule has 1 aliphatic rings. The van der Waals surface area contributed by atoms with E-state index in [1.165, 1.54) is 0 Å². The van der Waals surface area contributed by atoms with Crippen LogP contribution in [0.2, 0.25) is 0 Å². The number of imidazole rings is 1. The monoisotopic (exact) mass is 330 g/mol. The van der Waals surface area contributed by atoms with E-state index >= 15 is 0 Å². The van der Waals surface area contributed by atoms with Crippen LogP contribution in [0.3, 0.4) is 0 Å². The Labute approximate surface area is 142 Å². The lowest BCUT2D eigenvalue weighted by Crippen LogP contribution is -2.48. The Morgan fingerprint density at radius 3 is 3.00 bits per heavy atom. The van der Waals surface area contributed by atoms with Gasteiger partial charge in [0.15, 0.2) is 11.8 Å². The highest BCUT2D eigenvalue weighted by molar-refractivity contribution is 5.79. The van der Waals surface area contributed by atoms with Gasteiger partial charge in [0, 0.05) is 39.1 Å². The summed E-state index contributed by atoms with van der Waals surface area (Å²) in [5.41, 5.74) is 0. The summed E-state index contributed by atoms with van der Waals surface area (Å²) in [5.74, 6) is 2.46. The van der Waals surface area contributed by atoms with E-state index in [9.17, 15) is 0 Å². The van der Waals surface area contributed by atoms with Crippen molar-refractivity contribution in [2.24, 2.45) is 10.9 Å². The van der Waals surface area contributed by atoms with Crippen LogP contribution in [0, 0.1) is 5.92 Å². The molecule has 0 amide bonds. The molecule has 0 aliphatic carbocycles. The van der Waals surface area contributed by atoms with Gasteiger partial charge in [0.05, 0.1) is 18.9 Å². The van der Waals surface area contributed by atoms with Gasteiger partial charge in [-0.3, -0.25) is 4.99 Å². The minimum absolute atomic E-state index is 0.416. The van der Waals surface area contributed by atoms with Gasteiger partial charge in [0.1, 0.15) is 6.33 Å². The lowest BCUT2D eigenvalue weighted by molar-refractivity contribution is 0.189. The van der Waals surface area contributed by atoms with Crippen molar-refractivity contribution in [3.8, 4) is 0 Å². The summed E-state index contributed by atoms with van der Waals surface area (Å²) in [5, 5.41) is 11.6. The first-order valence-electron chi connectivity index (χ1n) is 8.52. The van der Waals surface area contributed by atoms with E-state index in [0.717, 1.165) is 37.8 Å². The molecule has 130 valence electrons. The molecule has 0 radical (unpaired) electrons. The third kappa shape index (κ3) is 3.42. The summed E-state index contributed by atoms with van der Waals surface area (Å²) in [6, 6.07) is 0.416. The zero-order chi connectivity index (χ0) is 16.9. The molecule has 0 bridgehead atoms. The van der Waals surface area contributed by atoms with Gasteiger partial charge in [-0.1, -0.05) is 6.92 Å². The quantitative estimate of drug-likeness (QED) is 0.672. The van der Waals surface area contributed by atoms with Crippen molar-refractivity contribution in [2.75, 3.05) is 20.1 Å². The predicted octanol–water partition coefficient (Wildman–Crippen LogP) is 1.15. The van der Waals surface area contributed by atoms with Crippen LogP contribution in [0.4, 0.5) is 0 Å². The number of nitrogens with one attached hydrogen (secondary N) is 1. The fourth-order valence-electron chi connectivity index (χ4n) is 3.27. The van der Waals surface area contributed by atoms with E-state index in [1.54, 1.807) is 6.33 Å². The summed E-state index contributed by atoms with van der Waals surface area (Å²) in [6.45, 7) is 7.82. The molecule has 1 aliphatic heterocycles. The molecule has 3 rings (SSSR count). The molecule has 24 heavy (non-hydrogen) atoms. The highest BCUT2D eigenvalue weighted by Gasteiger charge is 2.28. The third-order valence-electron chi connectivity index (χ3n) is 4.78. The normalized spacial score (nSPS) is 22.0. The molecule has 1 N–H and O–H groups in total. The second-order valence-electron chi connectivity index (χ2n) is 6.22. The van der Waals surface area contributed by atoms with E-state index < -0.39 is 0 Å². The number of aliphatic imine (C=N–C) groups is 1. The third-order valence-corrected chi connectivity index (χ3v) is 4.78. The maximum Gasteiger partial charge on any atom is 0.194 e. The van der Waals surface area contributed by atoms with Crippen LogP contribution >= 0.6 is 0 Å². The van der Waals surface area contributed by atoms with Crippen molar-refractivity contribution in [3.05, 3.63) is 30.9 Å². The molecule has 0 aromatic carbocycles. The molecule has 2 aromatic rings. The lowest BCUT2D eigenvalue weighted by atomic mass is 9.93. The minimum Gasteiger partial charge on any atom is -0.349 e. The maximum atomic E-state index is 4.46. The van der Waals surface area contributed by atoms with Crippen LogP contribution in [0.25, 0.3) is 0 Å². The van der Waals surface area contributed by atoms with Crippen molar-refractivity contribution in [2.45, 2.75) is 39.4 Å². The first-order chi connectivity index (χ1) is 11.7. The van der Waals surface area contributed by atoms with Crippen LogP contribution in [0.5, 0.6) is 0 Å². The minimum atomic E-state index is 0.416. The molecule has 0 spiro atoms. The van der Waals surface area contributed by atoms with Gasteiger partial charge in [0.25, 0.3) is 0 Å². The number of rotatable bonds is 4. The molecular weight excluding hydrogens is 304 g/mol. The molecule has 1 saturated heterocycles. The Bertz CT molecular complexity index is 659. The first kappa shape index (κ1) is 16.5. The number of piperidine rings is 1. The molecule has 1 fully saturated rings. The second-order valence-corrected chi connectivity index (χ2v) is 6.22. The van der Waals surface area contributed by atoms with Crippen LogP contribution < -0.4 is 5.32 Å². The Balaban J connectivity index is 1.65. The number of aromatic nitrogens is 5. The van der Waals surface area contributed by atoms with Crippen molar-refractivity contribution < 1.29 is 0 Å². The van der Waals surface area contributed by atoms with Crippen LogP contribution in [0.15, 0.2) is 30.0 Å². The van der Waals surface area contributed by atoms with Crippen LogP contribution in [-0.4, -0.2) is 55.3 Å². The van der Waals surface area contributed by atoms with Crippen LogP contribution in [-0.2, 0) is 13.1 Å². The first-order valence-corrected chi connectivity index (χ1v) is 8.52. The summed E-state index contributed by atoms with van der Waals surface area (Å²) in [6.07, 6.45) is 8.69. The van der Waals surface area contributed by atoms with Crippen LogP contribution in [0.1, 0.15) is 32.1 Å². The van der Waals surface area contributed by atoms with Gasteiger partial charge in [-0.05, 0) is 19.3 Å². The molecule has 8 nitrogen and oxygen atoms in total. The fraction of sp³-hybridized carbons (Fsp3) is 0.625. The smallest absolute Gasteiger partial charge is 0.194 e. The topological polar surface area (TPSA) is 76.2 Å². The Hall–Kier alpha value is -2.38. The summed E-state index contributed by atoms with van der Waals surface area (Å²) in [7, 11) is 1.83. The fourth-order valence-corrected chi connectivity index (χ4v) is 3.27. The van der Waals surface area contributed by atoms with Gasteiger partial charge in [-0.25, -0.2) is 4.98 Å². The summed E-state index contributed by atoms with van der Waals surface area (Å²) in [4.78, 5) is 11.0. The molecular formula is C16H26N8. The SMILES string of the molecule is CCn1cnnc1CNC(=NC)N1CCC(C)C(n2ccnc2)C1. The van der Waals surface area contributed by atoms with Crippen molar-refractivity contribution >= 4 is 5.96 Å². The van der Waals surface area contributed by atoms with Gasteiger partial charge < -0.3 is 19.4 Å². The van der Waals surface area contributed by atoms with E-state index in [1.807, 2.05) is 30.3 Å². The molecule has 3 heterocycles. The average molecular weight is 330 g/mol. The number of nitrogens with zero attached hydrogens (tertiary/aromatic N) is 7. The number of guanidine groups is 1. The molecule has 0 saturated carbocycles. The summed E-state index contributed by atoms with van der Waals surface area (Å²) >= 11 is 0. The van der Waals surface area contributed by atoms with Crippen molar-refractivity contribution in [1.29, 1.82) is 0 Å².